The lowest BCUT2D eigenvalue weighted by atomic mass is 9.87. The summed E-state index contributed by atoms with van der Waals surface area (Å²) >= 11 is 0. The third-order valence-corrected chi connectivity index (χ3v) is 2.67. The lowest BCUT2D eigenvalue weighted by Crippen LogP contribution is -2.46. The highest BCUT2D eigenvalue weighted by atomic mass is 16.3. The van der Waals surface area contributed by atoms with Gasteiger partial charge in [0.1, 0.15) is 5.72 Å². The number of nitrogens with two attached hydrogens (primary N) is 1. The molecule has 0 heterocycles. The van der Waals surface area contributed by atoms with E-state index in [9.17, 15) is 5.11 Å². The van der Waals surface area contributed by atoms with Crippen molar-refractivity contribution in [1.82, 2.24) is 0 Å². The van der Waals surface area contributed by atoms with Crippen LogP contribution in [0.3, 0.4) is 0 Å². The monoisotopic (exact) mass is 173 g/mol. The Bertz CT molecular complexity index is 112. The zero-order valence-electron chi connectivity index (χ0n) is 8.64. The molecule has 0 aromatic rings. The van der Waals surface area contributed by atoms with Gasteiger partial charge in [0, 0.05) is 5.92 Å². The number of unbranched alkanes of at least 4 members (excludes halogenated alkanes) is 1. The number of hydrogen-bond donors (Lipinski definition) is 2. The Hall–Kier alpha value is -0.0800. The van der Waals surface area contributed by atoms with E-state index < -0.39 is 5.72 Å². The summed E-state index contributed by atoms with van der Waals surface area (Å²) in [5.41, 5.74) is 4.83. The van der Waals surface area contributed by atoms with Gasteiger partial charge in [0.15, 0.2) is 0 Å². The van der Waals surface area contributed by atoms with Crippen molar-refractivity contribution in [3.05, 3.63) is 0 Å². The molecule has 0 amide bonds. The fraction of sp³-hybridized carbons (Fsp3) is 1.00. The molecule has 2 nitrogen and oxygen atoms in total. The van der Waals surface area contributed by atoms with E-state index in [0.717, 1.165) is 19.3 Å². The van der Waals surface area contributed by atoms with Crippen molar-refractivity contribution in [2.75, 3.05) is 0 Å². The summed E-state index contributed by atoms with van der Waals surface area (Å²) in [7, 11) is 0. The van der Waals surface area contributed by atoms with Crippen molar-refractivity contribution in [2.45, 2.75) is 58.6 Å². The van der Waals surface area contributed by atoms with Crippen LogP contribution in [-0.2, 0) is 0 Å². The molecule has 0 saturated carbocycles. The molecular formula is C10H23NO. The molecule has 2 heteroatoms. The van der Waals surface area contributed by atoms with Crippen molar-refractivity contribution in [3.8, 4) is 0 Å². The Balaban J connectivity index is 3.95. The van der Waals surface area contributed by atoms with E-state index >= 15 is 0 Å². The van der Waals surface area contributed by atoms with Crippen LogP contribution < -0.4 is 5.73 Å². The first-order valence-electron chi connectivity index (χ1n) is 5.09. The molecule has 0 aliphatic rings. The fourth-order valence-electron chi connectivity index (χ4n) is 1.55. The minimum absolute atomic E-state index is 0.266. The van der Waals surface area contributed by atoms with Gasteiger partial charge in [-0.3, -0.25) is 0 Å². The quantitative estimate of drug-likeness (QED) is 0.605. The standard InChI is InChI=1S/C10H23NO/c1-4-7-8-9(5-2)10(11,12)6-3/h9,12H,4-8,11H2,1-3H3. The van der Waals surface area contributed by atoms with Crippen LogP contribution in [0.5, 0.6) is 0 Å². The van der Waals surface area contributed by atoms with Gasteiger partial charge in [-0.25, -0.2) is 0 Å². The van der Waals surface area contributed by atoms with E-state index in [-0.39, 0.29) is 5.92 Å². The van der Waals surface area contributed by atoms with E-state index in [1.165, 1.54) is 6.42 Å². The predicted octanol–water partition coefficient (Wildman–Crippen LogP) is 2.26. The molecule has 0 aromatic heterocycles. The summed E-state index contributed by atoms with van der Waals surface area (Å²) in [5.74, 6) is 0.266. The lowest BCUT2D eigenvalue weighted by molar-refractivity contribution is -0.0224. The van der Waals surface area contributed by atoms with Crippen molar-refractivity contribution < 1.29 is 5.11 Å². The van der Waals surface area contributed by atoms with E-state index in [4.69, 9.17) is 5.73 Å². The Morgan fingerprint density at radius 3 is 2.25 bits per heavy atom. The first-order valence-corrected chi connectivity index (χ1v) is 5.09. The number of aliphatic hydroxyl groups is 1. The van der Waals surface area contributed by atoms with Crippen molar-refractivity contribution >= 4 is 0 Å². The topological polar surface area (TPSA) is 46.2 Å². The van der Waals surface area contributed by atoms with Gasteiger partial charge in [-0.2, -0.15) is 0 Å². The Labute approximate surface area is 76.2 Å². The summed E-state index contributed by atoms with van der Waals surface area (Å²) in [4.78, 5) is 0. The molecule has 0 aliphatic heterocycles. The number of hydrogen-bond acceptors (Lipinski definition) is 2. The summed E-state index contributed by atoms with van der Waals surface area (Å²) in [6, 6.07) is 0. The molecule has 0 rings (SSSR count). The highest BCUT2D eigenvalue weighted by Gasteiger charge is 2.28. The van der Waals surface area contributed by atoms with E-state index in [2.05, 4.69) is 13.8 Å². The molecule has 2 unspecified atom stereocenters. The minimum atomic E-state index is -0.941. The second-order valence-electron chi connectivity index (χ2n) is 3.59. The third kappa shape index (κ3) is 3.55. The summed E-state index contributed by atoms with van der Waals surface area (Å²) in [6.45, 7) is 6.19. The molecule has 0 radical (unpaired) electrons. The fourth-order valence-corrected chi connectivity index (χ4v) is 1.55. The number of rotatable bonds is 6. The van der Waals surface area contributed by atoms with Gasteiger partial charge in [-0.05, 0) is 19.3 Å². The molecule has 0 aliphatic carbocycles. The maximum absolute atomic E-state index is 9.79. The summed E-state index contributed by atoms with van der Waals surface area (Å²) in [6.07, 6.45) is 5.01. The normalized spacial score (nSPS) is 18.8. The second kappa shape index (κ2) is 5.55. The zero-order valence-corrected chi connectivity index (χ0v) is 8.64. The van der Waals surface area contributed by atoms with Crippen LogP contribution in [0.1, 0.15) is 52.9 Å². The molecule has 0 saturated heterocycles. The highest BCUT2D eigenvalue weighted by Crippen LogP contribution is 2.24. The van der Waals surface area contributed by atoms with Gasteiger partial charge in [0.2, 0.25) is 0 Å². The zero-order chi connectivity index (χ0) is 9.61. The van der Waals surface area contributed by atoms with Gasteiger partial charge in [-0.1, -0.05) is 33.6 Å². The Kier molecular flexibility index (Phi) is 5.51. The molecule has 0 fully saturated rings. The van der Waals surface area contributed by atoms with E-state index in [1.807, 2.05) is 6.92 Å². The summed E-state index contributed by atoms with van der Waals surface area (Å²) in [5, 5.41) is 9.79. The molecule has 74 valence electrons. The van der Waals surface area contributed by atoms with Crippen LogP contribution in [0, 0.1) is 5.92 Å². The van der Waals surface area contributed by atoms with Gasteiger partial charge in [-0.15, -0.1) is 0 Å². The van der Waals surface area contributed by atoms with Crippen LogP contribution in [0.15, 0.2) is 0 Å². The van der Waals surface area contributed by atoms with E-state index in [0.29, 0.717) is 6.42 Å². The highest BCUT2D eigenvalue weighted by molar-refractivity contribution is 4.77. The van der Waals surface area contributed by atoms with Crippen LogP contribution in [0.25, 0.3) is 0 Å². The third-order valence-electron chi connectivity index (χ3n) is 2.67. The van der Waals surface area contributed by atoms with E-state index in [1.54, 1.807) is 0 Å². The minimum Gasteiger partial charge on any atom is -0.376 e. The average Bonchev–Trinajstić information content (AvgIpc) is 2.05. The molecular weight excluding hydrogens is 150 g/mol. The van der Waals surface area contributed by atoms with Gasteiger partial charge < -0.3 is 10.8 Å². The SMILES string of the molecule is CCCCC(CC)C(N)(O)CC. The van der Waals surface area contributed by atoms with Crippen LogP contribution in [0.4, 0.5) is 0 Å². The molecule has 0 spiro atoms. The maximum Gasteiger partial charge on any atom is 0.116 e. The molecule has 12 heavy (non-hydrogen) atoms. The molecule has 3 N–H and O–H groups in total. The van der Waals surface area contributed by atoms with Crippen LogP contribution in [-0.4, -0.2) is 10.8 Å². The van der Waals surface area contributed by atoms with Gasteiger partial charge in [0.25, 0.3) is 0 Å². The molecule has 0 bridgehead atoms. The van der Waals surface area contributed by atoms with Crippen molar-refractivity contribution in [1.29, 1.82) is 0 Å². The predicted molar refractivity (Wildman–Crippen MR) is 52.7 cm³/mol. The van der Waals surface area contributed by atoms with Crippen molar-refractivity contribution in [2.24, 2.45) is 11.7 Å². The first-order chi connectivity index (χ1) is 5.58. The second-order valence-corrected chi connectivity index (χ2v) is 3.59. The maximum atomic E-state index is 9.79. The Morgan fingerprint density at radius 1 is 1.33 bits per heavy atom. The molecule has 0 aromatic carbocycles. The molecule has 2 atom stereocenters. The van der Waals surface area contributed by atoms with Crippen LogP contribution in [0.2, 0.25) is 0 Å². The first kappa shape index (κ1) is 11.9. The smallest absolute Gasteiger partial charge is 0.116 e. The largest absolute Gasteiger partial charge is 0.376 e. The lowest BCUT2D eigenvalue weighted by Gasteiger charge is -2.31. The van der Waals surface area contributed by atoms with Crippen molar-refractivity contribution in [3.63, 3.8) is 0 Å². The average molecular weight is 173 g/mol. The van der Waals surface area contributed by atoms with Gasteiger partial charge in [0.05, 0.1) is 0 Å². The summed E-state index contributed by atoms with van der Waals surface area (Å²) < 4.78 is 0. The van der Waals surface area contributed by atoms with Gasteiger partial charge >= 0.3 is 0 Å². The Morgan fingerprint density at radius 2 is 1.92 bits per heavy atom. The van der Waals surface area contributed by atoms with Crippen LogP contribution >= 0.6 is 0 Å².